The molecular formula is C15H21N3O5S. The van der Waals surface area contributed by atoms with Crippen LogP contribution in [0.5, 0.6) is 0 Å². The van der Waals surface area contributed by atoms with Gasteiger partial charge in [0.05, 0.1) is 18.1 Å². The van der Waals surface area contributed by atoms with E-state index in [1.165, 1.54) is 25.1 Å². The van der Waals surface area contributed by atoms with Crippen molar-refractivity contribution in [1.82, 2.24) is 14.9 Å². The predicted molar refractivity (Wildman–Crippen MR) is 87.0 cm³/mol. The number of benzene rings is 1. The predicted octanol–water partition coefficient (Wildman–Crippen LogP) is -0.427. The van der Waals surface area contributed by atoms with Crippen LogP contribution in [0.2, 0.25) is 0 Å². The lowest BCUT2D eigenvalue weighted by Crippen LogP contribution is -2.40. The third-order valence-corrected chi connectivity index (χ3v) is 4.94. The van der Waals surface area contributed by atoms with Crippen LogP contribution in [0.4, 0.5) is 0 Å². The summed E-state index contributed by atoms with van der Waals surface area (Å²) in [6, 6.07) is 5.92. The van der Waals surface area contributed by atoms with Gasteiger partial charge in [0, 0.05) is 38.7 Å². The van der Waals surface area contributed by atoms with Crippen molar-refractivity contribution in [2.75, 3.05) is 39.4 Å². The molecule has 9 heteroatoms. The number of sulfonamides is 1. The van der Waals surface area contributed by atoms with Crippen LogP contribution in [0.15, 0.2) is 29.2 Å². The average Bonchev–Trinajstić information content (AvgIpc) is 2.59. The van der Waals surface area contributed by atoms with E-state index in [0.717, 1.165) is 0 Å². The van der Waals surface area contributed by atoms with E-state index in [2.05, 4.69) is 10.0 Å². The lowest BCUT2D eigenvalue weighted by atomic mass is 10.2. The van der Waals surface area contributed by atoms with E-state index in [1.807, 2.05) is 0 Å². The van der Waals surface area contributed by atoms with E-state index in [-0.39, 0.29) is 29.8 Å². The fourth-order valence-corrected chi connectivity index (χ4v) is 3.33. The third kappa shape index (κ3) is 5.02. The maximum Gasteiger partial charge on any atom is 0.254 e. The van der Waals surface area contributed by atoms with Gasteiger partial charge in [-0.25, -0.2) is 13.1 Å². The van der Waals surface area contributed by atoms with E-state index < -0.39 is 10.0 Å². The number of ether oxygens (including phenoxy) is 1. The molecule has 0 bridgehead atoms. The molecule has 0 saturated carbocycles. The second kappa shape index (κ2) is 8.22. The zero-order valence-electron chi connectivity index (χ0n) is 13.4. The highest BCUT2D eigenvalue weighted by Gasteiger charge is 2.21. The second-order valence-electron chi connectivity index (χ2n) is 5.31. The summed E-state index contributed by atoms with van der Waals surface area (Å²) in [5.41, 5.74) is 0.321. The van der Waals surface area contributed by atoms with Gasteiger partial charge in [-0.05, 0) is 18.2 Å². The quantitative estimate of drug-likeness (QED) is 0.674. The van der Waals surface area contributed by atoms with Crippen LogP contribution >= 0.6 is 0 Å². The van der Waals surface area contributed by atoms with Crippen molar-refractivity contribution < 1.29 is 22.7 Å². The van der Waals surface area contributed by atoms with Gasteiger partial charge in [-0.2, -0.15) is 0 Å². The first-order chi connectivity index (χ1) is 11.4. The lowest BCUT2D eigenvalue weighted by Gasteiger charge is -2.27. The van der Waals surface area contributed by atoms with Crippen LogP contribution in [0.25, 0.3) is 0 Å². The fraction of sp³-hybridized carbons (Fsp3) is 0.467. The van der Waals surface area contributed by atoms with E-state index in [1.54, 1.807) is 11.0 Å². The Balaban J connectivity index is 2.05. The van der Waals surface area contributed by atoms with Crippen molar-refractivity contribution in [3.05, 3.63) is 29.8 Å². The van der Waals surface area contributed by atoms with Gasteiger partial charge < -0.3 is 15.0 Å². The van der Waals surface area contributed by atoms with E-state index in [0.29, 0.717) is 31.9 Å². The van der Waals surface area contributed by atoms with Crippen LogP contribution in [0, 0.1) is 0 Å². The van der Waals surface area contributed by atoms with Crippen LogP contribution < -0.4 is 10.0 Å². The zero-order valence-corrected chi connectivity index (χ0v) is 14.3. The average molecular weight is 355 g/mol. The number of carbonyl (C=O) groups is 2. The lowest BCUT2D eigenvalue weighted by molar-refractivity contribution is -0.118. The minimum Gasteiger partial charge on any atom is -0.378 e. The number of amides is 2. The largest absolute Gasteiger partial charge is 0.378 e. The highest BCUT2D eigenvalue weighted by Crippen LogP contribution is 2.14. The van der Waals surface area contributed by atoms with E-state index in [4.69, 9.17) is 4.74 Å². The molecule has 24 heavy (non-hydrogen) atoms. The van der Waals surface area contributed by atoms with Gasteiger partial charge in [-0.15, -0.1) is 0 Å². The Kier molecular flexibility index (Phi) is 6.29. The van der Waals surface area contributed by atoms with Crippen molar-refractivity contribution in [3.8, 4) is 0 Å². The van der Waals surface area contributed by atoms with Crippen LogP contribution in [-0.4, -0.2) is 64.5 Å². The molecule has 1 saturated heterocycles. The molecule has 1 fully saturated rings. The van der Waals surface area contributed by atoms with E-state index in [9.17, 15) is 18.0 Å². The molecule has 1 aromatic rings. The zero-order chi connectivity index (χ0) is 17.6. The topological polar surface area (TPSA) is 105 Å². The first kappa shape index (κ1) is 18.4. The molecule has 0 unspecified atom stereocenters. The third-order valence-electron chi connectivity index (χ3n) is 3.48. The van der Waals surface area contributed by atoms with Crippen molar-refractivity contribution in [2.24, 2.45) is 0 Å². The minimum absolute atomic E-state index is 0.0180. The summed E-state index contributed by atoms with van der Waals surface area (Å²) in [6.07, 6.45) is 0. The molecule has 1 aliphatic heterocycles. The molecule has 0 aliphatic carbocycles. The molecule has 0 radical (unpaired) electrons. The maximum absolute atomic E-state index is 12.4. The van der Waals surface area contributed by atoms with Gasteiger partial charge >= 0.3 is 0 Å². The molecule has 2 rings (SSSR count). The first-order valence-corrected chi connectivity index (χ1v) is 9.09. The standard InChI is InChI=1S/C15H21N3O5S/c1-12(19)16-5-6-17-24(21,22)14-4-2-3-13(11-14)15(20)18-7-9-23-10-8-18/h2-4,11,17H,5-10H2,1H3,(H,16,19). The van der Waals surface area contributed by atoms with Crippen molar-refractivity contribution in [3.63, 3.8) is 0 Å². The van der Waals surface area contributed by atoms with Gasteiger partial charge in [0.1, 0.15) is 0 Å². The number of carbonyl (C=O) groups excluding carboxylic acids is 2. The summed E-state index contributed by atoms with van der Waals surface area (Å²) >= 11 is 0. The minimum atomic E-state index is -3.74. The van der Waals surface area contributed by atoms with Gasteiger partial charge in [0.15, 0.2) is 0 Å². The normalized spacial score (nSPS) is 15.1. The summed E-state index contributed by atoms with van der Waals surface area (Å²) < 4.78 is 32.1. The molecule has 8 nitrogen and oxygen atoms in total. The van der Waals surface area contributed by atoms with Crippen LogP contribution in [0.3, 0.4) is 0 Å². The molecular weight excluding hydrogens is 334 g/mol. The number of hydrogen-bond donors (Lipinski definition) is 2. The Morgan fingerprint density at radius 2 is 1.92 bits per heavy atom. The molecule has 2 amide bonds. The van der Waals surface area contributed by atoms with Crippen molar-refractivity contribution >= 4 is 21.8 Å². The Morgan fingerprint density at radius 1 is 1.21 bits per heavy atom. The number of rotatable bonds is 6. The Morgan fingerprint density at radius 3 is 2.58 bits per heavy atom. The Hall–Kier alpha value is -1.97. The summed E-state index contributed by atoms with van der Waals surface area (Å²) in [6.45, 7) is 3.57. The summed E-state index contributed by atoms with van der Waals surface area (Å²) in [7, 11) is -3.74. The van der Waals surface area contributed by atoms with Gasteiger partial charge in [0.25, 0.3) is 5.91 Å². The fourth-order valence-electron chi connectivity index (χ4n) is 2.25. The molecule has 1 aromatic carbocycles. The molecule has 2 N–H and O–H groups in total. The molecule has 0 spiro atoms. The number of nitrogens with one attached hydrogen (secondary N) is 2. The highest BCUT2D eigenvalue weighted by atomic mass is 32.2. The van der Waals surface area contributed by atoms with Gasteiger partial charge in [0.2, 0.25) is 15.9 Å². The molecule has 1 aliphatic rings. The summed E-state index contributed by atoms with van der Waals surface area (Å²) in [5, 5.41) is 2.50. The van der Waals surface area contributed by atoms with Gasteiger partial charge in [-0.1, -0.05) is 6.07 Å². The van der Waals surface area contributed by atoms with Crippen LogP contribution in [-0.2, 0) is 19.6 Å². The van der Waals surface area contributed by atoms with Gasteiger partial charge in [-0.3, -0.25) is 9.59 Å². The number of morpholine rings is 1. The Bertz CT molecular complexity index is 699. The Labute approximate surface area is 141 Å². The van der Waals surface area contributed by atoms with E-state index >= 15 is 0 Å². The highest BCUT2D eigenvalue weighted by molar-refractivity contribution is 7.89. The number of hydrogen-bond acceptors (Lipinski definition) is 5. The van der Waals surface area contributed by atoms with Crippen molar-refractivity contribution in [2.45, 2.75) is 11.8 Å². The second-order valence-corrected chi connectivity index (χ2v) is 7.08. The molecule has 0 aromatic heterocycles. The molecule has 0 atom stereocenters. The summed E-state index contributed by atoms with van der Waals surface area (Å²) in [4.78, 5) is 24.8. The number of nitrogens with zero attached hydrogens (tertiary/aromatic N) is 1. The first-order valence-electron chi connectivity index (χ1n) is 7.61. The van der Waals surface area contributed by atoms with Crippen LogP contribution in [0.1, 0.15) is 17.3 Å². The monoisotopic (exact) mass is 355 g/mol. The SMILES string of the molecule is CC(=O)NCCNS(=O)(=O)c1cccc(C(=O)N2CCOCC2)c1. The molecule has 132 valence electrons. The smallest absolute Gasteiger partial charge is 0.254 e. The summed E-state index contributed by atoms with van der Waals surface area (Å²) in [5.74, 6) is -0.444. The maximum atomic E-state index is 12.4. The van der Waals surface area contributed by atoms with Crippen molar-refractivity contribution in [1.29, 1.82) is 0 Å². The molecule has 1 heterocycles.